The molecule has 1 atom stereocenters. The molecule has 0 aromatic heterocycles. The first-order chi connectivity index (χ1) is 6.40. The van der Waals surface area contributed by atoms with Crippen molar-refractivity contribution >= 4 is 0 Å². The number of fused-ring (bicyclic) bond motifs is 1. The van der Waals surface area contributed by atoms with E-state index in [2.05, 4.69) is 15.9 Å². The fourth-order valence-corrected chi connectivity index (χ4v) is 2.05. The molecule has 2 rings (SSSR count). The molecule has 0 radical (unpaired) electrons. The van der Waals surface area contributed by atoms with Crippen molar-refractivity contribution in [2.75, 3.05) is 45.9 Å². The number of nitriles is 1. The molecular formula is C9H15N3O. The number of nitrogens with zero attached hydrogens (tertiary/aromatic N) is 3. The van der Waals surface area contributed by atoms with Crippen LogP contribution in [0.25, 0.3) is 0 Å². The Kier molecular flexibility index (Phi) is 2.79. The second-order valence-corrected chi connectivity index (χ2v) is 3.66. The quantitative estimate of drug-likeness (QED) is 0.513. The Morgan fingerprint density at radius 1 is 1.38 bits per heavy atom. The zero-order chi connectivity index (χ0) is 9.10. The van der Waals surface area contributed by atoms with Crippen molar-refractivity contribution in [2.45, 2.75) is 6.04 Å². The lowest BCUT2D eigenvalue weighted by Crippen LogP contribution is -2.57. The molecule has 0 amide bonds. The Morgan fingerprint density at radius 3 is 3.15 bits per heavy atom. The molecule has 0 N–H and O–H groups in total. The van der Waals surface area contributed by atoms with Gasteiger partial charge in [-0.15, -0.1) is 0 Å². The van der Waals surface area contributed by atoms with Crippen molar-refractivity contribution in [3.63, 3.8) is 0 Å². The van der Waals surface area contributed by atoms with E-state index in [1.54, 1.807) is 0 Å². The van der Waals surface area contributed by atoms with Crippen LogP contribution >= 0.6 is 0 Å². The maximum absolute atomic E-state index is 8.58. The molecule has 1 unspecified atom stereocenters. The van der Waals surface area contributed by atoms with Gasteiger partial charge in [0.1, 0.15) is 0 Å². The molecule has 0 aromatic rings. The summed E-state index contributed by atoms with van der Waals surface area (Å²) in [6, 6.07) is 2.72. The van der Waals surface area contributed by atoms with Gasteiger partial charge in [-0.05, 0) is 0 Å². The van der Waals surface area contributed by atoms with Gasteiger partial charge in [0.15, 0.2) is 0 Å². The van der Waals surface area contributed by atoms with Gasteiger partial charge in [-0.2, -0.15) is 5.26 Å². The van der Waals surface area contributed by atoms with E-state index in [9.17, 15) is 0 Å². The van der Waals surface area contributed by atoms with Crippen molar-refractivity contribution in [3.8, 4) is 6.07 Å². The van der Waals surface area contributed by atoms with Crippen molar-refractivity contribution in [2.24, 2.45) is 0 Å². The number of morpholine rings is 1. The molecule has 0 spiro atoms. The number of rotatable bonds is 1. The SMILES string of the molecule is N#CCN1CCN2CCOCC2C1. The van der Waals surface area contributed by atoms with E-state index in [-0.39, 0.29) is 0 Å². The van der Waals surface area contributed by atoms with Gasteiger partial charge in [0, 0.05) is 32.2 Å². The third kappa shape index (κ3) is 1.99. The molecule has 13 heavy (non-hydrogen) atoms. The standard InChI is InChI=1S/C9H15N3O/c10-1-2-11-3-4-12-5-6-13-8-9(12)7-11/h9H,2-8H2. The normalized spacial score (nSPS) is 30.8. The average molecular weight is 181 g/mol. The van der Waals surface area contributed by atoms with Crippen LogP contribution in [0.2, 0.25) is 0 Å². The van der Waals surface area contributed by atoms with Crippen LogP contribution in [0.5, 0.6) is 0 Å². The number of hydrogen-bond acceptors (Lipinski definition) is 4. The van der Waals surface area contributed by atoms with Crippen molar-refractivity contribution in [1.82, 2.24) is 9.80 Å². The number of ether oxygens (including phenoxy) is 1. The Labute approximate surface area is 78.7 Å². The van der Waals surface area contributed by atoms with Crippen LogP contribution in [0.4, 0.5) is 0 Å². The molecule has 0 saturated carbocycles. The Balaban J connectivity index is 1.88. The summed E-state index contributed by atoms with van der Waals surface area (Å²) in [5.74, 6) is 0. The molecule has 0 bridgehead atoms. The zero-order valence-corrected chi connectivity index (χ0v) is 7.78. The summed E-state index contributed by atoms with van der Waals surface area (Å²) in [6.45, 7) is 6.44. The first-order valence-electron chi connectivity index (χ1n) is 4.81. The fourth-order valence-electron chi connectivity index (χ4n) is 2.05. The molecule has 4 nitrogen and oxygen atoms in total. The molecule has 2 saturated heterocycles. The minimum absolute atomic E-state index is 0.524. The predicted octanol–water partition coefficient (Wildman–Crippen LogP) is -0.474. The van der Waals surface area contributed by atoms with Crippen molar-refractivity contribution in [3.05, 3.63) is 0 Å². The third-order valence-corrected chi connectivity index (χ3v) is 2.82. The Bertz CT molecular complexity index is 213. The third-order valence-electron chi connectivity index (χ3n) is 2.82. The van der Waals surface area contributed by atoms with Gasteiger partial charge in [-0.1, -0.05) is 0 Å². The van der Waals surface area contributed by atoms with E-state index in [1.807, 2.05) is 0 Å². The number of piperazine rings is 1. The highest BCUT2D eigenvalue weighted by atomic mass is 16.5. The molecule has 2 aliphatic rings. The van der Waals surface area contributed by atoms with E-state index in [0.717, 1.165) is 39.4 Å². The average Bonchev–Trinajstić information content (AvgIpc) is 2.18. The van der Waals surface area contributed by atoms with E-state index in [1.165, 1.54) is 0 Å². The van der Waals surface area contributed by atoms with Crippen LogP contribution in [0.15, 0.2) is 0 Å². The maximum Gasteiger partial charge on any atom is 0.0866 e. The summed E-state index contributed by atoms with van der Waals surface area (Å²) in [5, 5.41) is 8.58. The topological polar surface area (TPSA) is 39.5 Å². The summed E-state index contributed by atoms with van der Waals surface area (Å²) in [4.78, 5) is 4.67. The maximum atomic E-state index is 8.58. The second kappa shape index (κ2) is 4.05. The van der Waals surface area contributed by atoms with Gasteiger partial charge < -0.3 is 4.74 Å². The molecule has 0 aliphatic carbocycles. The fraction of sp³-hybridized carbons (Fsp3) is 0.889. The first kappa shape index (κ1) is 8.95. The predicted molar refractivity (Wildman–Crippen MR) is 48.2 cm³/mol. The lowest BCUT2D eigenvalue weighted by Gasteiger charge is -2.43. The van der Waals surface area contributed by atoms with Crippen LogP contribution in [0.3, 0.4) is 0 Å². The minimum Gasteiger partial charge on any atom is -0.378 e. The second-order valence-electron chi connectivity index (χ2n) is 3.66. The van der Waals surface area contributed by atoms with Crippen LogP contribution in [0, 0.1) is 11.3 Å². The largest absolute Gasteiger partial charge is 0.378 e. The van der Waals surface area contributed by atoms with Gasteiger partial charge >= 0.3 is 0 Å². The molecule has 2 heterocycles. The van der Waals surface area contributed by atoms with E-state index in [0.29, 0.717) is 12.6 Å². The first-order valence-corrected chi connectivity index (χ1v) is 4.81. The minimum atomic E-state index is 0.524. The lowest BCUT2D eigenvalue weighted by atomic mass is 10.1. The molecule has 72 valence electrons. The van der Waals surface area contributed by atoms with Crippen molar-refractivity contribution < 1.29 is 4.74 Å². The molecular weight excluding hydrogens is 166 g/mol. The lowest BCUT2D eigenvalue weighted by molar-refractivity contribution is -0.0421. The number of hydrogen-bond donors (Lipinski definition) is 0. The van der Waals surface area contributed by atoms with Crippen molar-refractivity contribution in [1.29, 1.82) is 5.26 Å². The van der Waals surface area contributed by atoms with Crippen LogP contribution < -0.4 is 0 Å². The Hall–Kier alpha value is -0.630. The van der Waals surface area contributed by atoms with Gasteiger partial charge in [0.2, 0.25) is 0 Å². The van der Waals surface area contributed by atoms with Gasteiger partial charge in [-0.25, -0.2) is 0 Å². The molecule has 4 heteroatoms. The van der Waals surface area contributed by atoms with Gasteiger partial charge in [-0.3, -0.25) is 9.80 Å². The van der Waals surface area contributed by atoms with Gasteiger partial charge in [0.05, 0.1) is 25.8 Å². The van der Waals surface area contributed by atoms with Crippen LogP contribution in [0.1, 0.15) is 0 Å². The summed E-state index contributed by atoms with van der Waals surface area (Å²) < 4.78 is 5.41. The Morgan fingerprint density at radius 2 is 2.31 bits per heavy atom. The highest BCUT2D eigenvalue weighted by Gasteiger charge is 2.28. The van der Waals surface area contributed by atoms with E-state index < -0.39 is 0 Å². The van der Waals surface area contributed by atoms with Crippen LogP contribution in [-0.4, -0.2) is 61.8 Å². The van der Waals surface area contributed by atoms with E-state index >= 15 is 0 Å². The summed E-state index contributed by atoms with van der Waals surface area (Å²) >= 11 is 0. The monoisotopic (exact) mass is 181 g/mol. The molecule has 0 aromatic carbocycles. The zero-order valence-electron chi connectivity index (χ0n) is 7.78. The summed E-state index contributed by atoms with van der Waals surface area (Å²) in [5.41, 5.74) is 0. The highest BCUT2D eigenvalue weighted by molar-refractivity contribution is 4.87. The smallest absolute Gasteiger partial charge is 0.0866 e. The van der Waals surface area contributed by atoms with Crippen LogP contribution in [-0.2, 0) is 4.74 Å². The molecule has 2 fully saturated rings. The summed E-state index contributed by atoms with van der Waals surface area (Å²) in [7, 11) is 0. The summed E-state index contributed by atoms with van der Waals surface area (Å²) in [6.07, 6.45) is 0. The highest BCUT2D eigenvalue weighted by Crippen LogP contribution is 2.12. The van der Waals surface area contributed by atoms with E-state index in [4.69, 9.17) is 10.00 Å². The van der Waals surface area contributed by atoms with Gasteiger partial charge in [0.25, 0.3) is 0 Å². The molecule has 2 aliphatic heterocycles.